The van der Waals surface area contributed by atoms with Gasteiger partial charge in [-0.1, -0.05) is 15.9 Å². The first-order valence-corrected chi connectivity index (χ1v) is 5.34. The van der Waals surface area contributed by atoms with Gasteiger partial charge in [0, 0.05) is 4.47 Å². The summed E-state index contributed by atoms with van der Waals surface area (Å²) in [7, 11) is 0. The molecule has 16 heavy (non-hydrogen) atoms. The predicted octanol–water partition coefficient (Wildman–Crippen LogP) is 2.45. The van der Waals surface area contributed by atoms with Gasteiger partial charge in [-0.25, -0.2) is 9.18 Å². The topological polar surface area (TPSA) is 60.8 Å². The molecule has 1 aromatic carbocycles. The van der Waals surface area contributed by atoms with Gasteiger partial charge in [-0.05, 0) is 25.1 Å². The van der Waals surface area contributed by atoms with Gasteiger partial charge in [0.15, 0.2) is 0 Å². The van der Waals surface area contributed by atoms with Crippen LogP contribution in [0.2, 0.25) is 0 Å². The van der Waals surface area contributed by atoms with Crippen molar-refractivity contribution in [3.05, 3.63) is 28.5 Å². The van der Waals surface area contributed by atoms with E-state index in [1.165, 1.54) is 25.1 Å². The molecule has 0 saturated heterocycles. The molecular weight excluding hydrogens is 281 g/mol. The van der Waals surface area contributed by atoms with Crippen molar-refractivity contribution in [2.45, 2.75) is 13.0 Å². The van der Waals surface area contributed by atoms with Crippen LogP contribution in [0.3, 0.4) is 0 Å². The van der Waals surface area contributed by atoms with Gasteiger partial charge < -0.3 is 10.2 Å². The monoisotopic (exact) mass is 291 g/mol. The molecule has 0 aliphatic rings. The molecule has 1 amide bonds. The first-order chi connectivity index (χ1) is 7.47. The number of anilines is 1. The number of hydrogen-bond donors (Lipinski definition) is 2. The summed E-state index contributed by atoms with van der Waals surface area (Å²) < 4.78 is 14.0. The van der Waals surface area contributed by atoms with Crippen molar-refractivity contribution >= 4 is 27.7 Å². The lowest BCUT2D eigenvalue weighted by Gasteiger charge is -2.25. The number of carbonyl (C=O) groups is 1. The lowest BCUT2D eigenvalue weighted by Crippen LogP contribution is -2.40. The van der Waals surface area contributed by atoms with E-state index in [1.54, 1.807) is 0 Å². The quantitative estimate of drug-likeness (QED) is 0.899. The Balaban J connectivity index is 3.20. The number of aliphatic hydroxyl groups excluding tert-OH is 1. The van der Waals surface area contributed by atoms with Gasteiger partial charge in [0.25, 0.3) is 0 Å². The van der Waals surface area contributed by atoms with E-state index in [1.807, 2.05) is 0 Å². The molecule has 0 aliphatic carbocycles. The van der Waals surface area contributed by atoms with Crippen LogP contribution in [0.5, 0.6) is 0 Å². The average molecular weight is 292 g/mol. The Morgan fingerprint density at radius 2 is 2.25 bits per heavy atom. The summed E-state index contributed by atoms with van der Waals surface area (Å²) in [5.74, 6) is -0.647. The highest BCUT2D eigenvalue weighted by atomic mass is 79.9. The van der Waals surface area contributed by atoms with Crippen molar-refractivity contribution in [3.8, 4) is 0 Å². The van der Waals surface area contributed by atoms with Crippen LogP contribution in [0.1, 0.15) is 6.92 Å². The molecule has 0 heterocycles. The van der Waals surface area contributed by atoms with Crippen LogP contribution in [-0.4, -0.2) is 29.0 Å². The maximum atomic E-state index is 13.5. The van der Waals surface area contributed by atoms with E-state index in [0.29, 0.717) is 4.47 Å². The largest absolute Gasteiger partial charge is 0.465 e. The van der Waals surface area contributed by atoms with E-state index >= 15 is 0 Å². The SMILES string of the molecule is CC(CO)N(C(=O)O)c1cc(Br)ccc1F. The summed E-state index contributed by atoms with van der Waals surface area (Å²) >= 11 is 3.14. The summed E-state index contributed by atoms with van der Waals surface area (Å²) in [6.07, 6.45) is -1.31. The van der Waals surface area contributed by atoms with Crippen molar-refractivity contribution in [2.24, 2.45) is 0 Å². The fourth-order valence-electron chi connectivity index (χ4n) is 1.28. The smallest absolute Gasteiger partial charge is 0.412 e. The van der Waals surface area contributed by atoms with Crippen LogP contribution in [0, 0.1) is 5.82 Å². The maximum Gasteiger partial charge on any atom is 0.412 e. The van der Waals surface area contributed by atoms with Gasteiger partial charge in [-0.15, -0.1) is 0 Å². The number of carboxylic acid groups (broad SMARTS) is 1. The number of aliphatic hydroxyl groups is 1. The highest BCUT2D eigenvalue weighted by molar-refractivity contribution is 9.10. The second-order valence-electron chi connectivity index (χ2n) is 3.28. The summed E-state index contributed by atoms with van der Waals surface area (Å²) in [6.45, 7) is 1.12. The lowest BCUT2D eigenvalue weighted by atomic mass is 10.2. The van der Waals surface area contributed by atoms with E-state index in [9.17, 15) is 9.18 Å². The number of nitrogens with zero attached hydrogens (tertiary/aromatic N) is 1. The molecule has 88 valence electrons. The van der Waals surface area contributed by atoms with E-state index in [4.69, 9.17) is 10.2 Å². The number of amides is 1. The third-order valence-electron chi connectivity index (χ3n) is 2.08. The summed E-state index contributed by atoms with van der Waals surface area (Å²) in [5, 5.41) is 17.9. The van der Waals surface area contributed by atoms with Crippen LogP contribution < -0.4 is 4.90 Å². The van der Waals surface area contributed by atoms with Gasteiger partial charge in [0.1, 0.15) is 5.82 Å². The van der Waals surface area contributed by atoms with Crippen LogP contribution in [0.25, 0.3) is 0 Å². The molecule has 2 N–H and O–H groups in total. The minimum atomic E-state index is -1.31. The van der Waals surface area contributed by atoms with Crippen molar-refractivity contribution in [3.63, 3.8) is 0 Å². The zero-order chi connectivity index (χ0) is 12.3. The third-order valence-corrected chi connectivity index (χ3v) is 2.57. The van der Waals surface area contributed by atoms with Crippen LogP contribution in [0.4, 0.5) is 14.9 Å². The molecule has 0 fully saturated rings. The number of benzene rings is 1. The Hall–Kier alpha value is -1.14. The molecule has 4 nitrogen and oxygen atoms in total. The van der Waals surface area contributed by atoms with Gasteiger partial charge in [0.05, 0.1) is 18.3 Å². The summed E-state index contributed by atoms with van der Waals surface area (Å²) in [6, 6.07) is 3.29. The number of rotatable bonds is 3. The lowest BCUT2D eigenvalue weighted by molar-refractivity contribution is 0.192. The van der Waals surface area contributed by atoms with Crippen molar-refractivity contribution < 1.29 is 19.4 Å². The Labute approximate surface area is 100 Å². The first kappa shape index (κ1) is 12.9. The average Bonchev–Trinajstić information content (AvgIpc) is 2.22. The first-order valence-electron chi connectivity index (χ1n) is 4.55. The Kier molecular flexibility index (Phi) is 4.26. The minimum Gasteiger partial charge on any atom is -0.465 e. The molecule has 0 bridgehead atoms. The molecule has 0 radical (unpaired) electrons. The maximum absolute atomic E-state index is 13.5. The Morgan fingerprint density at radius 1 is 1.62 bits per heavy atom. The number of hydrogen-bond acceptors (Lipinski definition) is 2. The Morgan fingerprint density at radius 3 is 2.75 bits per heavy atom. The van der Waals surface area contributed by atoms with Gasteiger partial charge in [0.2, 0.25) is 0 Å². The molecule has 1 unspecified atom stereocenters. The van der Waals surface area contributed by atoms with Crippen molar-refractivity contribution in [2.75, 3.05) is 11.5 Å². The molecule has 6 heteroatoms. The standard InChI is InChI=1S/C10H11BrFNO3/c1-6(5-14)13(10(15)16)9-4-7(11)2-3-8(9)12/h2-4,6,14H,5H2,1H3,(H,15,16). The number of halogens is 2. The molecular formula is C10H11BrFNO3. The highest BCUT2D eigenvalue weighted by Crippen LogP contribution is 2.25. The fraction of sp³-hybridized carbons (Fsp3) is 0.300. The second kappa shape index (κ2) is 5.27. The fourth-order valence-corrected chi connectivity index (χ4v) is 1.63. The molecule has 1 atom stereocenters. The van der Waals surface area contributed by atoms with Crippen molar-refractivity contribution in [1.29, 1.82) is 0 Å². The molecule has 0 aliphatic heterocycles. The van der Waals surface area contributed by atoms with E-state index in [0.717, 1.165) is 4.90 Å². The molecule has 0 saturated carbocycles. The van der Waals surface area contributed by atoms with E-state index < -0.39 is 18.0 Å². The zero-order valence-corrected chi connectivity index (χ0v) is 10.1. The van der Waals surface area contributed by atoms with Crippen LogP contribution >= 0.6 is 15.9 Å². The van der Waals surface area contributed by atoms with E-state index in [-0.39, 0.29) is 12.3 Å². The van der Waals surface area contributed by atoms with Gasteiger partial charge >= 0.3 is 6.09 Å². The normalized spacial score (nSPS) is 12.2. The van der Waals surface area contributed by atoms with E-state index in [2.05, 4.69) is 15.9 Å². The third kappa shape index (κ3) is 2.70. The second-order valence-corrected chi connectivity index (χ2v) is 4.20. The van der Waals surface area contributed by atoms with Gasteiger partial charge in [-0.3, -0.25) is 4.90 Å². The van der Waals surface area contributed by atoms with Crippen LogP contribution in [0.15, 0.2) is 22.7 Å². The Bertz CT molecular complexity index is 400. The van der Waals surface area contributed by atoms with Crippen molar-refractivity contribution in [1.82, 2.24) is 0 Å². The predicted molar refractivity (Wildman–Crippen MR) is 61.2 cm³/mol. The zero-order valence-electron chi connectivity index (χ0n) is 8.52. The molecule has 1 rings (SSSR count). The molecule has 0 spiro atoms. The minimum absolute atomic E-state index is 0.0802. The molecule has 1 aromatic rings. The highest BCUT2D eigenvalue weighted by Gasteiger charge is 2.23. The molecule has 0 aromatic heterocycles. The summed E-state index contributed by atoms with van der Waals surface area (Å²) in [4.78, 5) is 11.8. The van der Waals surface area contributed by atoms with Crippen LogP contribution in [-0.2, 0) is 0 Å². The van der Waals surface area contributed by atoms with Gasteiger partial charge in [-0.2, -0.15) is 0 Å². The summed E-state index contributed by atoms with van der Waals surface area (Å²) in [5.41, 5.74) is -0.0802.